The number of nitrogens with two attached hydrogens (primary N) is 2. The molecule has 0 radical (unpaired) electrons. The molecule has 1 rings (SSSR count). The van der Waals surface area contributed by atoms with E-state index in [1.54, 1.807) is 0 Å². The molecule has 1 saturated carbocycles. The molecule has 0 spiro atoms. The summed E-state index contributed by atoms with van der Waals surface area (Å²) in [4.78, 5) is 0. The second-order valence-corrected chi connectivity index (χ2v) is 4.34. The minimum absolute atomic E-state index is 0.341. The monoisotopic (exact) mass is 210 g/mol. The predicted molar refractivity (Wildman–Crippen MR) is 46.0 cm³/mol. The van der Waals surface area contributed by atoms with E-state index >= 15 is 0 Å². The van der Waals surface area contributed by atoms with Crippen molar-refractivity contribution < 1.29 is 17.2 Å². The molecule has 0 aromatic rings. The van der Waals surface area contributed by atoms with Crippen molar-refractivity contribution in [3.8, 4) is 0 Å². The summed E-state index contributed by atoms with van der Waals surface area (Å²) in [5.41, 5.74) is 9.76. The second kappa shape index (κ2) is 3.50. The van der Waals surface area contributed by atoms with E-state index in [1.807, 2.05) is 0 Å². The van der Waals surface area contributed by atoms with Gasteiger partial charge < -0.3 is 11.5 Å². The lowest BCUT2D eigenvalue weighted by molar-refractivity contribution is 0.0132. The standard InChI is InChI=1S/C6H14N2O4S/c7-5-3-1-2-4-6(5,8)12-13(9,10)11/h5H,1-4,7-8H2,(H,9,10,11). The molecule has 13 heavy (non-hydrogen) atoms. The van der Waals surface area contributed by atoms with E-state index in [0.29, 0.717) is 12.8 Å². The topological polar surface area (TPSA) is 116 Å². The SMILES string of the molecule is NC1CCCCC1(N)OS(=O)(=O)O. The lowest BCUT2D eigenvalue weighted by atomic mass is 9.88. The summed E-state index contributed by atoms with van der Waals surface area (Å²) in [6, 6.07) is -0.553. The van der Waals surface area contributed by atoms with Gasteiger partial charge in [0.1, 0.15) is 0 Å². The van der Waals surface area contributed by atoms with Gasteiger partial charge in [-0.3, -0.25) is 4.55 Å². The van der Waals surface area contributed by atoms with Gasteiger partial charge in [0, 0.05) is 6.04 Å². The first-order valence-corrected chi connectivity index (χ1v) is 5.42. The molecule has 0 aliphatic heterocycles. The summed E-state index contributed by atoms with van der Waals surface area (Å²) in [5.74, 6) is 0. The van der Waals surface area contributed by atoms with E-state index in [-0.39, 0.29) is 0 Å². The maximum atomic E-state index is 10.4. The Morgan fingerprint density at radius 1 is 1.46 bits per heavy atom. The first kappa shape index (κ1) is 10.9. The largest absolute Gasteiger partial charge is 0.399 e. The molecule has 0 heterocycles. The van der Waals surface area contributed by atoms with Gasteiger partial charge in [0.05, 0.1) is 0 Å². The van der Waals surface area contributed by atoms with Crippen molar-refractivity contribution in [3.63, 3.8) is 0 Å². The Hall–Kier alpha value is -0.210. The van der Waals surface area contributed by atoms with Gasteiger partial charge in [-0.2, -0.15) is 8.42 Å². The van der Waals surface area contributed by atoms with Crippen LogP contribution in [0.1, 0.15) is 25.7 Å². The van der Waals surface area contributed by atoms with Crippen LogP contribution in [-0.4, -0.2) is 24.7 Å². The minimum atomic E-state index is -4.52. The highest BCUT2D eigenvalue weighted by Gasteiger charge is 2.39. The van der Waals surface area contributed by atoms with Crippen molar-refractivity contribution in [2.24, 2.45) is 11.5 Å². The summed E-state index contributed by atoms with van der Waals surface area (Å²) in [6.45, 7) is 0. The Morgan fingerprint density at radius 3 is 2.54 bits per heavy atom. The van der Waals surface area contributed by atoms with Crippen LogP contribution in [0.4, 0.5) is 0 Å². The maximum Gasteiger partial charge on any atom is 0.399 e. The van der Waals surface area contributed by atoms with Crippen LogP contribution >= 0.6 is 0 Å². The second-order valence-electron chi connectivity index (χ2n) is 3.32. The zero-order valence-corrected chi connectivity index (χ0v) is 7.96. The Kier molecular flexibility index (Phi) is 2.93. The van der Waals surface area contributed by atoms with E-state index < -0.39 is 22.2 Å². The van der Waals surface area contributed by atoms with Crippen LogP contribution in [0.25, 0.3) is 0 Å². The Morgan fingerprint density at radius 2 is 2.08 bits per heavy atom. The van der Waals surface area contributed by atoms with Gasteiger partial charge in [-0.1, -0.05) is 6.42 Å². The third-order valence-corrected chi connectivity index (χ3v) is 2.74. The average molecular weight is 210 g/mol. The van der Waals surface area contributed by atoms with E-state index in [0.717, 1.165) is 12.8 Å². The molecule has 5 N–H and O–H groups in total. The van der Waals surface area contributed by atoms with Gasteiger partial charge in [-0.15, -0.1) is 0 Å². The summed E-state index contributed by atoms with van der Waals surface area (Å²) in [5, 5.41) is 0. The van der Waals surface area contributed by atoms with Crippen molar-refractivity contribution in [1.29, 1.82) is 0 Å². The molecule has 0 saturated heterocycles. The molecule has 0 aromatic heterocycles. The minimum Gasteiger partial charge on any atom is -0.324 e. The van der Waals surface area contributed by atoms with Crippen molar-refractivity contribution >= 4 is 10.4 Å². The Bertz CT molecular complexity index is 278. The van der Waals surface area contributed by atoms with Crippen molar-refractivity contribution in [1.82, 2.24) is 0 Å². The fourth-order valence-electron chi connectivity index (χ4n) is 1.49. The Labute approximate surface area is 77.2 Å². The molecule has 2 atom stereocenters. The molecular formula is C6H14N2O4S. The zero-order valence-electron chi connectivity index (χ0n) is 7.14. The van der Waals surface area contributed by atoms with Crippen LogP contribution in [0.2, 0.25) is 0 Å². The van der Waals surface area contributed by atoms with Crippen molar-refractivity contribution in [3.05, 3.63) is 0 Å². The first-order valence-electron chi connectivity index (χ1n) is 4.06. The molecule has 6 nitrogen and oxygen atoms in total. The lowest BCUT2D eigenvalue weighted by Gasteiger charge is -2.36. The number of hydrogen-bond acceptors (Lipinski definition) is 5. The third-order valence-electron chi connectivity index (χ3n) is 2.22. The molecule has 7 heteroatoms. The third kappa shape index (κ3) is 2.89. The van der Waals surface area contributed by atoms with E-state index in [2.05, 4.69) is 4.18 Å². The molecule has 1 fully saturated rings. The predicted octanol–water partition coefficient (Wildman–Crippen LogP) is -0.638. The summed E-state index contributed by atoms with van der Waals surface area (Å²) >= 11 is 0. The molecule has 1 aliphatic rings. The number of rotatable bonds is 2. The quantitative estimate of drug-likeness (QED) is 0.412. The first-order chi connectivity index (χ1) is 5.83. The molecule has 78 valence electrons. The van der Waals surface area contributed by atoms with Crippen LogP contribution in [0.5, 0.6) is 0 Å². The van der Waals surface area contributed by atoms with Crippen molar-refractivity contribution in [2.75, 3.05) is 0 Å². The average Bonchev–Trinajstić information content (AvgIpc) is 1.92. The zero-order chi connectivity index (χ0) is 10.1. The van der Waals surface area contributed by atoms with Crippen LogP contribution in [0.15, 0.2) is 0 Å². The van der Waals surface area contributed by atoms with Crippen LogP contribution in [-0.2, 0) is 14.6 Å². The van der Waals surface area contributed by atoms with E-state index in [1.165, 1.54) is 0 Å². The fraction of sp³-hybridized carbons (Fsp3) is 1.00. The maximum absolute atomic E-state index is 10.4. The van der Waals surface area contributed by atoms with Gasteiger partial charge in [-0.05, 0) is 19.3 Å². The fourth-order valence-corrected chi connectivity index (χ4v) is 2.09. The molecule has 1 aliphatic carbocycles. The normalized spacial score (nSPS) is 36.1. The molecule has 0 aromatic carbocycles. The lowest BCUT2D eigenvalue weighted by Crippen LogP contribution is -2.59. The summed E-state index contributed by atoms with van der Waals surface area (Å²) < 4.78 is 33.7. The van der Waals surface area contributed by atoms with Gasteiger partial charge >= 0.3 is 10.4 Å². The Balaban J connectivity index is 2.73. The van der Waals surface area contributed by atoms with Crippen LogP contribution in [0, 0.1) is 0 Å². The molecular weight excluding hydrogens is 196 g/mol. The van der Waals surface area contributed by atoms with Gasteiger partial charge in [0.25, 0.3) is 0 Å². The van der Waals surface area contributed by atoms with Crippen LogP contribution < -0.4 is 11.5 Å². The molecule has 2 unspecified atom stereocenters. The van der Waals surface area contributed by atoms with E-state index in [4.69, 9.17) is 16.0 Å². The number of hydrogen-bond donors (Lipinski definition) is 3. The highest BCUT2D eigenvalue weighted by Crippen LogP contribution is 2.27. The van der Waals surface area contributed by atoms with E-state index in [9.17, 15) is 8.42 Å². The van der Waals surface area contributed by atoms with Crippen LogP contribution in [0.3, 0.4) is 0 Å². The highest BCUT2D eigenvalue weighted by atomic mass is 32.3. The molecule has 0 amide bonds. The van der Waals surface area contributed by atoms with Gasteiger partial charge in [-0.25, -0.2) is 4.18 Å². The summed E-state index contributed by atoms with van der Waals surface area (Å²) in [7, 11) is -4.52. The van der Waals surface area contributed by atoms with Gasteiger partial charge in [0.15, 0.2) is 5.72 Å². The smallest absolute Gasteiger partial charge is 0.324 e. The van der Waals surface area contributed by atoms with Crippen molar-refractivity contribution in [2.45, 2.75) is 37.5 Å². The molecule has 0 bridgehead atoms. The summed E-state index contributed by atoms with van der Waals surface area (Å²) in [6.07, 6.45) is 2.59. The van der Waals surface area contributed by atoms with Gasteiger partial charge in [0.2, 0.25) is 0 Å². The highest BCUT2D eigenvalue weighted by molar-refractivity contribution is 7.80.